The van der Waals surface area contributed by atoms with Crippen molar-refractivity contribution >= 4 is 5.91 Å². The number of aryl methyl sites for hydroxylation is 2. The van der Waals surface area contributed by atoms with Crippen molar-refractivity contribution in [2.75, 3.05) is 13.7 Å². The normalized spacial score (nSPS) is 30.7. The molecule has 1 amide bonds. The summed E-state index contributed by atoms with van der Waals surface area (Å²) in [6.45, 7) is 2.28. The van der Waals surface area contributed by atoms with Gasteiger partial charge in [-0.05, 0) is 56.6 Å². The van der Waals surface area contributed by atoms with Gasteiger partial charge in [-0.1, -0.05) is 6.92 Å². The Labute approximate surface area is 143 Å². The van der Waals surface area contributed by atoms with Crippen LogP contribution in [0.3, 0.4) is 0 Å². The summed E-state index contributed by atoms with van der Waals surface area (Å²) in [5, 5.41) is 9.96. The van der Waals surface area contributed by atoms with Crippen LogP contribution in [0.2, 0.25) is 0 Å². The fraction of sp³-hybridized carbons (Fsp3) is 0.684. The van der Waals surface area contributed by atoms with Gasteiger partial charge in [-0.25, -0.2) is 4.98 Å². The van der Waals surface area contributed by atoms with E-state index in [9.17, 15) is 9.90 Å². The number of fused-ring (bicyclic) bond motifs is 3. The van der Waals surface area contributed by atoms with E-state index in [2.05, 4.69) is 11.9 Å². The number of nitrogens with zero attached hydrogens (tertiary/aromatic N) is 2. The number of rotatable bonds is 4. The number of ether oxygens (including phenoxy) is 1. The minimum atomic E-state index is -0.129. The molecule has 1 aromatic heterocycles. The van der Waals surface area contributed by atoms with Crippen LogP contribution in [0, 0.1) is 5.41 Å². The predicted molar refractivity (Wildman–Crippen MR) is 90.2 cm³/mol. The summed E-state index contributed by atoms with van der Waals surface area (Å²) in [7, 11) is 1.59. The van der Waals surface area contributed by atoms with Gasteiger partial charge < -0.3 is 14.7 Å². The lowest BCUT2D eigenvalue weighted by molar-refractivity contribution is 0.0554. The van der Waals surface area contributed by atoms with E-state index in [-0.39, 0.29) is 30.0 Å². The molecule has 2 fully saturated rings. The highest BCUT2D eigenvalue weighted by Gasteiger charge is 2.56. The molecule has 0 aromatic carbocycles. The summed E-state index contributed by atoms with van der Waals surface area (Å²) in [4.78, 5) is 20.0. The number of amides is 1. The third kappa shape index (κ3) is 2.10. The Morgan fingerprint density at radius 2 is 2.29 bits per heavy atom. The summed E-state index contributed by atoms with van der Waals surface area (Å²) in [6, 6.07) is 2.39. The fourth-order valence-electron chi connectivity index (χ4n) is 5.16. The van der Waals surface area contributed by atoms with Crippen LogP contribution in [0.25, 0.3) is 0 Å². The summed E-state index contributed by atoms with van der Waals surface area (Å²) < 4.78 is 5.44. The molecule has 5 heteroatoms. The first-order chi connectivity index (χ1) is 11.6. The zero-order chi connectivity index (χ0) is 16.9. The van der Waals surface area contributed by atoms with Crippen molar-refractivity contribution in [1.29, 1.82) is 0 Å². The number of aliphatic hydroxyl groups is 1. The monoisotopic (exact) mass is 330 g/mol. The Morgan fingerprint density at radius 3 is 2.96 bits per heavy atom. The molecule has 1 aliphatic carbocycles. The predicted octanol–water partition coefficient (Wildman–Crippen LogP) is 2.34. The number of methoxy groups -OCH3 is 1. The van der Waals surface area contributed by atoms with Crippen LogP contribution in [0.15, 0.2) is 6.07 Å². The number of aromatic nitrogens is 1. The molecular formula is C19H26N2O3. The van der Waals surface area contributed by atoms with Gasteiger partial charge in [0.2, 0.25) is 5.88 Å². The molecule has 0 radical (unpaired) electrons. The molecule has 0 saturated carbocycles. The van der Waals surface area contributed by atoms with Crippen LogP contribution >= 0.6 is 0 Å². The second-order valence-electron chi connectivity index (χ2n) is 7.54. The molecule has 0 spiro atoms. The smallest absolute Gasteiger partial charge is 0.259 e. The van der Waals surface area contributed by atoms with Crippen LogP contribution < -0.4 is 4.74 Å². The third-order valence-corrected chi connectivity index (χ3v) is 6.54. The molecule has 24 heavy (non-hydrogen) atoms. The van der Waals surface area contributed by atoms with Gasteiger partial charge in [0, 0.05) is 23.2 Å². The van der Waals surface area contributed by atoms with Crippen molar-refractivity contribution in [3.8, 4) is 5.88 Å². The highest BCUT2D eigenvalue weighted by Crippen LogP contribution is 2.52. The maximum atomic E-state index is 13.3. The van der Waals surface area contributed by atoms with Crippen molar-refractivity contribution < 1.29 is 14.6 Å². The van der Waals surface area contributed by atoms with Crippen molar-refractivity contribution in [1.82, 2.24) is 9.88 Å². The van der Waals surface area contributed by atoms with Gasteiger partial charge in [0.05, 0.1) is 13.7 Å². The molecule has 0 unspecified atom stereocenters. The van der Waals surface area contributed by atoms with Gasteiger partial charge in [0.1, 0.15) is 5.56 Å². The maximum absolute atomic E-state index is 13.3. The average Bonchev–Trinajstić information content (AvgIpc) is 3.32. The second kappa shape index (κ2) is 5.73. The second-order valence-corrected chi connectivity index (χ2v) is 7.54. The molecule has 2 bridgehead atoms. The van der Waals surface area contributed by atoms with Crippen molar-refractivity contribution in [2.45, 2.75) is 64.0 Å². The number of aliphatic hydroxyl groups excluding tert-OH is 1. The van der Waals surface area contributed by atoms with Gasteiger partial charge in [0.25, 0.3) is 5.91 Å². The van der Waals surface area contributed by atoms with E-state index >= 15 is 0 Å². The summed E-state index contributed by atoms with van der Waals surface area (Å²) in [5.74, 6) is 0.489. The highest BCUT2D eigenvalue weighted by molar-refractivity contribution is 5.97. The van der Waals surface area contributed by atoms with Gasteiger partial charge >= 0.3 is 0 Å². The molecule has 5 nitrogen and oxygen atoms in total. The Morgan fingerprint density at radius 1 is 1.46 bits per heavy atom. The largest absolute Gasteiger partial charge is 0.480 e. The van der Waals surface area contributed by atoms with E-state index in [0.717, 1.165) is 50.6 Å². The number of hydrogen-bond acceptors (Lipinski definition) is 4. The first-order valence-corrected chi connectivity index (χ1v) is 9.14. The number of hydrogen-bond donors (Lipinski definition) is 1. The lowest BCUT2D eigenvalue weighted by atomic mass is 9.72. The Balaban J connectivity index is 1.70. The zero-order valence-corrected chi connectivity index (χ0v) is 14.5. The summed E-state index contributed by atoms with van der Waals surface area (Å²) in [6.07, 6.45) is 6.92. The molecule has 1 N–H and O–H groups in total. The van der Waals surface area contributed by atoms with Crippen molar-refractivity contribution in [3.05, 3.63) is 22.9 Å². The summed E-state index contributed by atoms with van der Waals surface area (Å²) in [5.41, 5.74) is 2.73. The van der Waals surface area contributed by atoms with Gasteiger partial charge in [0.15, 0.2) is 0 Å². The first kappa shape index (κ1) is 15.9. The Kier molecular flexibility index (Phi) is 3.79. The molecule has 2 saturated heterocycles. The third-order valence-electron chi connectivity index (χ3n) is 6.54. The van der Waals surface area contributed by atoms with Crippen LogP contribution in [0.4, 0.5) is 0 Å². The fourth-order valence-corrected chi connectivity index (χ4v) is 5.16. The SMILES string of the molecule is CC[C@]1(CO)C[C@H]2CC[C@@H]1N2C(=O)c1cc2c(nc1OC)CCC2. The first-order valence-electron chi connectivity index (χ1n) is 9.14. The highest BCUT2D eigenvalue weighted by atomic mass is 16.5. The standard InChI is InChI=1S/C19H26N2O3/c1-3-19(11-22)10-13-7-8-16(19)21(13)18(23)14-9-12-5-4-6-15(12)20-17(14)24-2/h9,13,16,22H,3-8,10-11H2,1-2H3/t13-,16+,19-/m1/s1. The molecule has 130 valence electrons. The van der Waals surface area contributed by atoms with E-state index in [0.29, 0.717) is 11.4 Å². The molecule has 3 heterocycles. The van der Waals surface area contributed by atoms with Crippen molar-refractivity contribution in [2.24, 2.45) is 5.41 Å². The van der Waals surface area contributed by atoms with E-state index in [1.807, 2.05) is 11.0 Å². The topological polar surface area (TPSA) is 62.7 Å². The van der Waals surface area contributed by atoms with E-state index in [1.165, 1.54) is 5.56 Å². The maximum Gasteiger partial charge on any atom is 0.259 e. The lowest BCUT2D eigenvalue weighted by Crippen LogP contribution is -2.42. The van der Waals surface area contributed by atoms with Crippen LogP contribution in [-0.4, -0.2) is 46.7 Å². The average molecular weight is 330 g/mol. The van der Waals surface area contributed by atoms with E-state index in [4.69, 9.17) is 4.74 Å². The van der Waals surface area contributed by atoms with Crippen LogP contribution in [0.1, 0.15) is 60.6 Å². The van der Waals surface area contributed by atoms with E-state index in [1.54, 1.807) is 7.11 Å². The number of carbonyl (C=O) groups excluding carboxylic acids is 1. The number of pyridine rings is 1. The molecule has 2 aliphatic heterocycles. The van der Waals surface area contributed by atoms with Crippen LogP contribution in [-0.2, 0) is 12.8 Å². The summed E-state index contributed by atoms with van der Waals surface area (Å²) >= 11 is 0. The van der Waals surface area contributed by atoms with Gasteiger partial charge in [-0.2, -0.15) is 0 Å². The number of carbonyl (C=O) groups is 1. The van der Waals surface area contributed by atoms with Crippen LogP contribution in [0.5, 0.6) is 5.88 Å². The quantitative estimate of drug-likeness (QED) is 0.920. The van der Waals surface area contributed by atoms with E-state index < -0.39 is 0 Å². The van der Waals surface area contributed by atoms with Crippen molar-refractivity contribution in [3.63, 3.8) is 0 Å². The Hall–Kier alpha value is -1.62. The Bertz CT molecular complexity index is 669. The minimum Gasteiger partial charge on any atom is -0.480 e. The van der Waals surface area contributed by atoms with Gasteiger partial charge in [-0.3, -0.25) is 4.79 Å². The molecule has 3 aliphatic rings. The minimum absolute atomic E-state index is 0.0327. The molecule has 3 atom stereocenters. The molecule has 4 rings (SSSR count). The van der Waals surface area contributed by atoms with Gasteiger partial charge in [-0.15, -0.1) is 0 Å². The molecular weight excluding hydrogens is 304 g/mol. The lowest BCUT2D eigenvalue weighted by Gasteiger charge is -2.34. The molecule has 1 aromatic rings. The zero-order valence-electron chi connectivity index (χ0n) is 14.5.